The molecule has 53 heavy (non-hydrogen) atoms. The third-order valence-electron chi connectivity index (χ3n) is 9.86. The average Bonchev–Trinajstić information content (AvgIpc) is 3.06. The molecule has 0 saturated carbocycles. The molecule has 2 atom stereocenters. The van der Waals surface area contributed by atoms with E-state index in [9.17, 15) is 20.4 Å². The molecule has 10 nitrogen and oxygen atoms in total. The van der Waals surface area contributed by atoms with Crippen LogP contribution in [0.25, 0.3) is 12.2 Å². The molecule has 0 bridgehead atoms. The lowest BCUT2D eigenvalue weighted by molar-refractivity contribution is -0.340. The summed E-state index contributed by atoms with van der Waals surface area (Å²) in [6.07, 6.45) is 3.38. The fourth-order valence-electron chi connectivity index (χ4n) is 6.44. The van der Waals surface area contributed by atoms with Gasteiger partial charge in [0.1, 0.15) is 11.5 Å². The predicted molar refractivity (Wildman–Crippen MR) is 206 cm³/mol. The monoisotopic (exact) mass is 740 g/mol. The van der Waals surface area contributed by atoms with Gasteiger partial charge in [-0.2, -0.15) is 0 Å². The van der Waals surface area contributed by atoms with Crippen LogP contribution in [0.4, 0.5) is 0 Å². The molecule has 10 heteroatoms. The minimum absolute atomic E-state index is 0.189. The highest BCUT2D eigenvalue weighted by atomic mass is 16.7. The predicted octanol–water partition coefficient (Wildman–Crippen LogP) is 7.49. The second kappa shape index (κ2) is 16.5. The van der Waals surface area contributed by atoms with E-state index in [2.05, 4.69) is 0 Å². The number of aromatic hydroxyl groups is 2. The van der Waals surface area contributed by atoms with Crippen molar-refractivity contribution in [1.29, 1.82) is 0 Å². The highest BCUT2D eigenvalue weighted by Crippen LogP contribution is 2.40. The maximum Gasteiger partial charge on any atom is 0.174 e. The molecular formula is C43H64O10. The van der Waals surface area contributed by atoms with E-state index in [0.717, 1.165) is 33.4 Å². The van der Waals surface area contributed by atoms with Gasteiger partial charge in [0.15, 0.2) is 25.2 Å². The fourth-order valence-corrected chi connectivity index (χ4v) is 6.44. The van der Waals surface area contributed by atoms with Gasteiger partial charge in [-0.3, -0.25) is 0 Å². The number of rotatable bonds is 12. The third kappa shape index (κ3) is 11.1. The van der Waals surface area contributed by atoms with Crippen LogP contribution in [0.5, 0.6) is 11.5 Å². The number of ether oxygens (including phenoxy) is 6. The Morgan fingerprint density at radius 3 is 1.25 bits per heavy atom. The first kappa shape index (κ1) is 42.9. The number of hydrogen-bond donors (Lipinski definition) is 4. The van der Waals surface area contributed by atoms with Crippen LogP contribution < -0.4 is 0 Å². The minimum Gasteiger partial charge on any atom is -0.507 e. The largest absolute Gasteiger partial charge is 0.507 e. The molecule has 2 aromatic carbocycles. The third-order valence-corrected chi connectivity index (χ3v) is 9.86. The maximum atomic E-state index is 10.6. The Morgan fingerprint density at radius 2 is 0.943 bits per heavy atom. The molecular weight excluding hydrogens is 676 g/mol. The van der Waals surface area contributed by atoms with Gasteiger partial charge in [0.05, 0.1) is 45.1 Å². The van der Waals surface area contributed by atoms with Crippen molar-refractivity contribution in [2.24, 2.45) is 16.2 Å². The van der Waals surface area contributed by atoms with Gasteiger partial charge in [0.25, 0.3) is 0 Å². The molecule has 2 fully saturated rings. The van der Waals surface area contributed by atoms with Gasteiger partial charge in [0.2, 0.25) is 0 Å². The molecule has 296 valence electrons. The van der Waals surface area contributed by atoms with Gasteiger partial charge in [-0.1, -0.05) is 81.4 Å². The van der Waals surface area contributed by atoms with Crippen LogP contribution >= 0.6 is 0 Å². The zero-order valence-corrected chi connectivity index (χ0v) is 33.9. The number of phenols is 2. The van der Waals surface area contributed by atoms with E-state index in [1.165, 1.54) is 0 Å². The molecule has 0 radical (unpaired) electrons. The van der Waals surface area contributed by atoms with Gasteiger partial charge in [-0.05, 0) is 83.3 Å². The van der Waals surface area contributed by atoms with Crippen molar-refractivity contribution in [2.45, 2.75) is 119 Å². The van der Waals surface area contributed by atoms with E-state index in [-0.39, 0.29) is 24.0 Å². The second-order valence-electron chi connectivity index (χ2n) is 18.5. The fraction of sp³-hybridized carbons (Fsp3) is 0.628. The van der Waals surface area contributed by atoms with Gasteiger partial charge in [0, 0.05) is 22.0 Å². The first-order valence-electron chi connectivity index (χ1n) is 18.5. The van der Waals surface area contributed by atoms with Gasteiger partial charge in [-0.15, -0.1) is 0 Å². The molecule has 2 aliphatic rings. The van der Waals surface area contributed by atoms with Crippen molar-refractivity contribution in [2.75, 3.05) is 39.6 Å². The van der Waals surface area contributed by atoms with Crippen LogP contribution in [-0.4, -0.2) is 85.2 Å². The average molecular weight is 741 g/mol. The number of benzene rings is 2. The summed E-state index contributed by atoms with van der Waals surface area (Å²) in [7, 11) is 0. The van der Waals surface area contributed by atoms with Crippen LogP contribution in [0.1, 0.15) is 103 Å². The van der Waals surface area contributed by atoms with E-state index in [1.54, 1.807) is 24.3 Å². The van der Waals surface area contributed by atoms with Crippen molar-refractivity contribution in [3.63, 3.8) is 0 Å². The lowest BCUT2D eigenvalue weighted by atomic mass is 9.84. The molecule has 2 heterocycles. The molecule has 0 amide bonds. The highest BCUT2D eigenvalue weighted by Gasteiger charge is 2.48. The normalized spacial score (nSPS) is 23.3. The first-order chi connectivity index (χ1) is 24.4. The number of hydrogen-bond acceptors (Lipinski definition) is 10. The number of aliphatic hydroxyl groups excluding tert-OH is 2. The summed E-state index contributed by atoms with van der Waals surface area (Å²) in [5.41, 5.74) is 2.94. The summed E-state index contributed by atoms with van der Waals surface area (Å²) in [5.74, 6) is 0.585. The quantitative estimate of drug-likeness (QED) is 0.162. The van der Waals surface area contributed by atoms with Crippen molar-refractivity contribution in [3.8, 4) is 11.5 Å². The molecule has 2 saturated heterocycles. The zero-order valence-electron chi connectivity index (χ0n) is 33.9. The lowest BCUT2D eigenvalue weighted by Gasteiger charge is -2.48. The van der Waals surface area contributed by atoms with Crippen LogP contribution in [0.15, 0.2) is 36.4 Å². The Morgan fingerprint density at radius 1 is 0.623 bits per heavy atom. The van der Waals surface area contributed by atoms with E-state index in [0.29, 0.717) is 37.9 Å². The summed E-state index contributed by atoms with van der Waals surface area (Å²) in [5, 5.41) is 42.2. The summed E-state index contributed by atoms with van der Waals surface area (Å²) < 4.78 is 36.4. The smallest absolute Gasteiger partial charge is 0.174 e. The van der Waals surface area contributed by atoms with Gasteiger partial charge in [-0.25, -0.2) is 0 Å². The zero-order chi connectivity index (χ0) is 39.6. The van der Waals surface area contributed by atoms with E-state index >= 15 is 0 Å². The number of phenolic OH excluding ortho intramolecular Hbond substituents is 2. The Labute approximate surface area is 316 Å². The molecule has 4 rings (SSSR count). The molecule has 2 aliphatic heterocycles. The van der Waals surface area contributed by atoms with Crippen LogP contribution in [-0.2, 0) is 39.3 Å². The molecule has 2 unspecified atom stereocenters. The molecule has 0 aliphatic carbocycles. The van der Waals surface area contributed by atoms with Crippen LogP contribution in [0, 0.1) is 30.1 Å². The SMILES string of the molecule is Cc1cc(C=CC(O)OCC(C)(C)C2OCC3(CO2)COC(C(C)(C)COC(O)C=Cc2cc(C)c(O)c(C(C)(C)C)c2)OC3)cc(C(C)(C)C)c1O. The molecule has 1 spiro atoms. The van der Waals surface area contributed by atoms with E-state index in [4.69, 9.17) is 28.4 Å². The highest BCUT2D eigenvalue weighted by molar-refractivity contribution is 5.58. The van der Waals surface area contributed by atoms with Crippen molar-refractivity contribution >= 4 is 12.2 Å². The van der Waals surface area contributed by atoms with Gasteiger partial charge >= 0.3 is 0 Å². The first-order valence-corrected chi connectivity index (χ1v) is 18.5. The summed E-state index contributed by atoms with van der Waals surface area (Å²) in [4.78, 5) is 0. The standard InChI is InChI=1S/C43H64O10/c1-27-17-29(19-31(35(27)46)39(3,4)5)13-15-33(44)48-21-41(9,10)37-50-23-43(24-51-37)25-52-38(53-26-43)42(11,12)22-49-34(45)16-14-30-18-28(2)36(47)32(20-30)40(6,7)8/h13-20,33-34,37-38,44-47H,21-26H2,1-12H3. The Hall–Kier alpha value is -2.80. The maximum absolute atomic E-state index is 10.6. The van der Waals surface area contributed by atoms with Crippen molar-refractivity contribution < 1.29 is 48.8 Å². The summed E-state index contributed by atoms with van der Waals surface area (Å²) >= 11 is 0. The Bertz CT molecular complexity index is 1470. The van der Waals surface area contributed by atoms with Crippen molar-refractivity contribution in [3.05, 3.63) is 69.8 Å². The summed E-state index contributed by atoms with van der Waals surface area (Å²) in [6, 6.07) is 7.61. The Balaban J connectivity index is 1.23. The van der Waals surface area contributed by atoms with Crippen LogP contribution in [0.2, 0.25) is 0 Å². The van der Waals surface area contributed by atoms with Crippen LogP contribution in [0.3, 0.4) is 0 Å². The number of aliphatic hydroxyl groups is 2. The van der Waals surface area contributed by atoms with Gasteiger partial charge < -0.3 is 48.8 Å². The second-order valence-corrected chi connectivity index (χ2v) is 18.5. The molecule has 0 aromatic heterocycles. The molecule has 2 aromatic rings. The Kier molecular flexibility index (Phi) is 13.4. The molecule has 4 N–H and O–H groups in total. The number of aryl methyl sites for hydroxylation is 2. The van der Waals surface area contributed by atoms with Crippen molar-refractivity contribution in [1.82, 2.24) is 0 Å². The lowest BCUT2D eigenvalue weighted by Crippen LogP contribution is -2.57. The van der Waals surface area contributed by atoms with E-state index < -0.39 is 41.4 Å². The summed E-state index contributed by atoms with van der Waals surface area (Å²) in [6.45, 7) is 25.8. The topological polar surface area (TPSA) is 136 Å². The minimum atomic E-state index is -1.14. The van der Waals surface area contributed by atoms with E-state index in [1.807, 2.05) is 107 Å².